The Morgan fingerprint density at radius 3 is 2.50 bits per heavy atom. The van der Waals surface area contributed by atoms with Crippen molar-refractivity contribution < 1.29 is 0 Å². The molecule has 0 aliphatic heterocycles. The molecule has 0 atom stereocenters. The minimum absolute atomic E-state index is 0.815. The highest BCUT2D eigenvalue weighted by molar-refractivity contribution is 5.56. The van der Waals surface area contributed by atoms with Gasteiger partial charge in [0.25, 0.3) is 0 Å². The van der Waals surface area contributed by atoms with Gasteiger partial charge in [0.2, 0.25) is 0 Å². The number of hydrogen-bond donors (Lipinski definition) is 1. The summed E-state index contributed by atoms with van der Waals surface area (Å²) in [4.78, 5) is 2.33. The summed E-state index contributed by atoms with van der Waals surface area (Å²) >= 11 is 0. The maximum absolute atomic E-state index is 5.85. The summed E-state index contributed by atoms with van der Waals surface area (Å²) in [5.74, 6) is 0. The van der Waals surface area contributed by atoms with Crippen molar-refractivity contribution in [1.29, 1.82) is 0 Å². The second-order valence-electron chi connectivity index (χ2n) is 4.54. The smallest absolute Gasteiger partial charge is 0.0431 e. The van der Waals surface area contributed by atoms with Gasteiger partial charge in [-0.2, -0.15) is 0 Å². The summed E-state index contributed by atoms with van der Waals surface area (Å²) in [5.41, 5.74) is 10.5. The number of rotatable bonds is 4. The van der Waals surface area contributed by atoms with Crippen LogP contribution in [0.2, 0.25) is 0 Å². The van der Waals surface area contributed by atoms with Crippen LogP contribution in [0.25, 0.3) is 0 Å². The summed E-state index contributed by atoms with van der Waals surface area (Å²) in [7, 11) is 0. The summed E-state index contributed by atoms with van der Waals surface area (Å²) in [5, 5.41) is 0. The third-order valence-electron chi connectivity index (χ3n) is 3.24. The number of nitrogen functional groups attached to an aromatic ring is 1. The largest absolute Gasteiger partial charge is 0.399 e. The van der Waals surface area contributed by atoms with E-state index in [0.717, 1.165) is 18.8 Å². The Kier molecular flexibility index (Phi) is 3.88. The molecule has 0 fully saturated rings. The minimum Gasteiger partial charge on any atom is -0.399 e. The number of anilines is 2. The summed E-state index contributed by atoms with van der Waals surface area (Å²) < 4.78 is 0. The van der Waals surface area contributed by atoms with E-state index in [4.69, 9.17) is 5.73 Å². The first-order valence-corrected chi connectivity index (χ1v) is 6.35. The van der Waals surface area contributed by atoms with Gasteiger partial charge in [-0.15, -0.1) is 0 Å². The standard InChI is InChI=1S/C16H20N2/c1-3-18(16-10-6-9-15(17)11-16)12-14-8-5-4-7-13(14)2/h4-11H,3,12,17H2,1-2H3. The average Bonchev–Trinajstić information content (AvgIpc) is 2.38. The van der Waals surface area contributed by atoms with Gasteiger partial charge in [-0.05, 0) is 43.2 Å². The Morgan fingerprint density at radius 2 is 1.83 bits per heavy atom. The molecule has 0 amide bonds. The topological polar surface area (TPSA) is 29.3 Å². The van der Waals surface area contributed by atoms with Gasteiger partial charge >= 0.3 is 0 Å². The van der Waals surface area contributed by atoms with E-state index in [1.54, 1.807) is 0 Å². The number of nitrogens with zero attached hydrogens (tertiary/aromatic N) is 1. The van der Waals surface area contributed by atoms with Crippen LogP contribution >= 0.6 is 0 Å². The lowest BCUT2D eigenvalue weighted by Gasteiger charge is -2.24. The van der Waals surface area contributed by atoms with E-state index in [9.17, 15) is 0 Å². The van der Waals surface area contributed by atoms with Crippen molar-refractivity contribution in [3.05, 3.63) is 59.7 Å². The van der Waals surface area contributed by atoms with Crippen molar-refractivity contribution in [2.45, 2.75) is 20.4 Å². The second kappa shape index (κ2) is 5.58. The third-order valence-corrected chi connectivity index (χ3v) is 3.24. The zero-order valence-corrected chi connectivity index (χ0v) is 11.1. The van der Waals surface area contributed by atoms with E-state index in [0.29, 0.717) is 0 Å². The van der Waals surface area contributed by atoms with E-state index < -0.39 is 0 Å². The van der Waals surface area contributed by atoms with Crippen LogP contribution in [0.15, 0.2) is 48.5 Å². The zero-order valence-electron chi connectivity index (χ0n) is 11.1. The molecule has 0 spiro atoms. The highest BCUT2D eigenvalue weighted by Crippen LogP contribution is 2.20. The van der Waals surface area contributed by atoms with Gasteiger partial charge < -0.3 is 10.6 Å². The fraction of sp³-hybridized carbons (Fsp3) is 0.250. The zero-order chi connectivity index (χ0) is 13.0. The van der Waals surface area contributed by atoms with E-state index >= 15 is 0 Å². The molecule has 0 aromatic heterocycles. The van der Waals surface area contributed by atoms with Gasteiger partial charge in [0.15, 0.2) is 0 Å². The molecule has 0 unspecified atom stereocenters. The van der Waals surface area contributed by atoms with Crippen molar-refractivity contribution >= 4 is 11.4 Å². The fourth-order valence-corrected chi connectivity index (χ4v) is 2.10. The van der Waals surface area contributed by atoms with Gasteiger partial charge in [-0.1, -0.05) is 30.3 Å². The SMILES string of the molecule is CCN(Cc1ccccc1C)c1cccc(N)c1. The highest BCUT2D eigenvalue weighted by Gasteiger charge is 2.06. The van der Waals surface area contributed by atoms with Crippen molar-refractivity contribution in [1.82, 2.24) is 0 Å². The molecule has 0 aliphatic carbocycles. The molecule has 2 rings (SSSR count). The predicted octanol–water partition coefficient (Wildman–Crippen LogP) is 3.60. The van der Waals surface area contributed by atoms with Gasteiger partial charge in [-0.3, -0.25) is 0 Å². The van der Waals surface area contributed by atoms with Crippen molar-refractivity contribution in [2.75, 3.05) is 17.2 Å². The van der Waals surface area contributed by atoms with Gasteiger partial charge in [0.05, 0.1) is 0 Å². The Morgan fingerprint density at radius 1 is 1.06 bits per heavy atom. The van der Waals surface area contributed by atoms with Gasteiger partial charge in [0, 0.05) is 24.5 Å². The van der Waals surface area contributed by atoms with E-state index in [2.05, 4.69) is 49.1 Å². The molecule has 0 heterocycles. The molecule has 0 saturated heterocycles. The van der Waals surface area contributed by atoms with Crippen LogP contribution in [-0.4, -0.2) is 6.54 Å². The van der Waals surface area contributed by atoms with E-state index in [-0.39, 0.29) is 0 Å². The van der Waals surface area contributed by atoms with Crippen LogP contribution in [0.5, 0.6) is 0 Å². The first-order valence-electron chi connectivity index (χ1n) is 6.35. The van der Waals surface area contributed by atoms with Crippen LogP contribution in [0.1, 0.15) is 18.1 Å². The Balaban J connectivity index is 2.23. The van der Waals surface area contributed by atoms with Crippen molar-refractivity contribution in [3.8, 4) is 0 Å². The second-order valence-corrected chi connectivity index (χ2v) is 4.54. The van der Waals surface area contributed by atoms with Gasteiger partial charge in [-0.25, -0.2) is 0 Å². The van der Waals surface area contributed by atoms with Crippen LogP contribution in [0, 0.1) is 6.92 Å². The van der Waals surface area contributed by atoms with Crippen LogP contribution in [0.4, 0.5) is 11.4 Å². The molecule has 2 N–H and O–H groups in total. The lowest BCUT2D eigenvalue weighted by molar-refractivity contribution is 0.827. The predicted molar refractivity (Wildman–Crippen MR) is 78.8 cm³/mol. The molecule has 94 valence electrons. The monoisotopic (exact) mass is 240 g/mol. The summed E-state index contributed by atoms with van der Waals surface area (Å²) in [6.07, 6.45) is 0. The lowest BCUT2D eigenvalue weighted by atomic mass is 10.1. The molecular formula is C16H20N2. The molecule has 0 aliphatic rings. The molecule has 18 heavy (non-hydrogen) atoms. The maximum Gasteiger partial charge on any atom is 0.0431 e. The molecule has 0 saturated carbocycles. The normalized spacial score (nSPS) is 10.3. The Bertz CT molecular complexity index is 520. The number of hydrogen-bond acceptors (Lipinski definition) is 2. The summed E-state index contributed by atoms with van der Waals surface area (Å²) in [6.45, 7) is 6.22. The lowest BCUT2D eigenvalue weighted by Crippen LogP contribution is -2.22. The molecule has 2 aromatic rings. The molecule has 2 heteroatoms. The Hall–Kier alpha value is -1.96. The average molecular weight is 240 g/mol. The van der Waals surface area contributed by atoms with Crippen molar-refractivity contribution in [3.63, 3.8) is 0 Å². The molecule has 2 aromatic carbocycles. The van der Waals surface area contributed by atoms with E-state index in [1.165, 1.54) is 16.8 Å². The summed E-state index contributed by atoms with van der Waals surface area (Å²) in [6, 6.07) is 16.6. The van der Waals surface area contributed by atoms with Crippen LogP contribution in [0.3, 0.4) is 0 Å². The number of aryl methyl sites for hydroxylation is 1. The Labute approximate surface area is 109 Å². The third kappa shape index (κ3) is 2.83. The molecule has 2 nitrogen and oxygen atoms in total. The number of benzene rings is 2. The highest BCUT2D eigenvalue weighted by atomic mass is 15.1. The maximum atomic E-state index is 5.85. The minimum atomic E-state index is 0.815. The molecule has 0 bridgehead atoms. The number of nitrogens with two attached hydrogens (primary N) is 1. The van der Waals surface area contributed by atoms with E-state index in [1.807, 2.05) is 18.2 Å². The molecule has 0 radical (unpaired) electrons. The van der Waals surface area contributed by atoms with Crippen LogP contribution in [-0.2, 0) is 6.54 Å². The van der Waals surface area contributed by atoms with Crippen LogP contribution < -0.4 is 10.6 Å². The first-order chi connectivity index (χ1) is 8.70. The quantitative estimate of drug-likeness (QED) is 0.827. The fourth-order valence-electron chi connectivity index (χ4n) is 2.10. The van der Waals surface area contributed by atoms with Crippen molar-refractivity contribution in [2.24, 2.45) is 0 Å². The molecular weight excluding hydrogens is 220 g/mol. The van der Waals surface area contributed by atoms with Gasteiger partial charge in [0.1, 0.15) is 0 Å². The first kappa shape index (κ1) is 12.5.